The number of rotatable bonds is 5. The van der Waals surface area contributed by atoms with Crippen molar-refractivity contribution in [3.05, 3.63) is 30.0 Å². The van der Waals surface area contributed by atoms with E-state index in [1.165, 1.54) is 6.26 Å². The van der Waals surface area contributed by atoms with E-state index in [4.69, 9.17) is 4.98 Å². The van der Waals surface area contributed by atoms with Crippen LogP contribution in [-0.4, -0.2) is 75.6 Å². The summed E-state index contributed by atoms with van der Waals surface area (Å²) in [6.45, 7) is 5.47. The van der Waals surface area contributed by atoms with Gasteiger partial charge >= 0.3 is 0 Å². The maximum absolute atomic E-state index is 11.7. The van der Waals surface area contributed by atoms with Crippen molar-refractivity contribution in [2.45, 2.75) is 45.1 Å². The van der Waals surface area contributed by atoms with Crippen LogP contribution in [0.3, 0.4) is 0 Å². The molecule has 2 aromatic heterocycles. The molecule has 0 spiro atoms. The summed E-state index contributed by atoms with van der Waals surface area (Å²) in [4.78, 5) is 16.5. The summed E-state index contributed by atoms with van der Waals surface area (Å²) >= 11 is 0. The number of hydrogen-bond donors (Lipinski definition) is 0. The van der Waals surface area contributed by atoms with Crippen molar-refractivity contribution in [1.29, 1.82) is 0 Å². The first kappa shape index (κ1) is 21.4. The average molecular weight is 433 g/mol. The molecule has 0 atom stereocenters. The Kier molecular flexibility index (Phi) is 6.22. The quantitative estimate of drug-likeness (QED) is 0.717. The van der Waals surface area contributed by atoms with Gasteiger partial charge in [0.2, 0.25) is 10.0 Å². The van der Waals surface area contributed by atoms with Crippen LogP contribution in [0.2, 0.25) is 0 Å². The van der Waals surface area contributed by atoms with Crippen LogP contribution in [0.1, 0.15) is 37.2 Å². The molecule has 0 amide bonds. The molecule has 2 aliphatic heterocycles. The van der Waals surface area contributed by atoms with E-state index in [-0.39, 0.29) is 0 Å². The summed E-state index contributed by atoms with van der Waals surface area (Å²) in [7, 11) is -1.07. The van der Waals surface area contributed by atoms with E-state index < -0.39 is 10.0 Å². The van der Waals surface area contributed by atoms with Crippen molar-refractivity contribution >= 4 is 10.0 Å². The molecular formula is C21H32N6O2S. The van der Waals surface area contributed by atoms with Gasteiger partial charge in [-0.05, 0) is 57.7 Å². The number of aromatic nitrogens is 4. The van der Waals surface area contributed by atoms with Gasteiger partial charge in [0.15, 0.2) is 5.82 Å². The maximum Gasteiger partial charge on any atom is 0.211 e. The molecule has 2 saturated heterocycles. The lowest BCUT2D eigenvalue weighted by Gasteiger charge is -2.41. The number of sulfonamides is 1. The topological polar surface area (TPSA) is 84.2 Å². The van der Waals surface area contributed by atoms with Gasteiger partial charge in [0.05, 0.1) is 6.26 Å². The number of aryl methyl sites for hydroxylation is 2. The van der Waals surface area contributed by atoms with Gasteiger partial charge in [-0.2, -0.15) is 0 Å². The second-order valence-electron chi connectivity index (χ2n) is 8.75. The molecule has 0 radical (unpaired) electrons. The van der Waals surface area contributed by atoms with Crippen LogP contribution >= 0.6 is 0 Å². The largest absolute Gasteiger partial charge is 0.333 e. The third-order valence-electron chi connectivity index (χ3n) is 6.48. The molecule has 164 valence electrons. The Morgan fingerprint density at radius 3 is 2.37 bits per heavy atom. The highest BCUT2D eigenvalue weighted by Gasteiger charge is 2.31. The molecule has 8 nitrogen and oxygen atoms in total. The minimum atomic E-state index is -3.05. The van der Waals surface area contributed by atoms with Crippen molar-refractivity contribution in [2.75, 3.05) is 32.4 Å². The Bertz CT molecular complexity index is 973. The summed E-state index contributed by atoms with van der Waals surface area (Å²) in [6.07, 6.45) is 10.1. The van der Waals surface area contributed by atoms with Crippen molar-refractivity contribution in [3.63, 3.8) is 0 Å². The fourth-order valence-electron chi connectivity index (χ4n) is 4.77. The SMILES string of the molecule is Cc1cc(-c2nccn2C)nc(CC2CCN(C3CCN(S(C)(=O)=O)CC3)CC2)n1. The Balaban J connectivity index is 1.32. The first-order valence-electron chi connectivity index (χ1n) is 10.8. The van der Waals surface area contributed by atoms with Crippen LogP contribution in [0.25, 0.3) is 11.5 Å². The fraction of sp³-hybridized carbons (Fsp3) is 0.667. The lowest BCUT2D eigenvalue weighted by atomic mass is 9.91. The second-order valence-corrected chi connectivity index (χ2v) is 10.7. The second kappa shape index (κ2) is 8.72. The Morgan fingerprint density at radius 1 is 1.07 bits per heavy atom. The van der Waals surface area contributed by atoms with Crippen molar-refractivity contribution in [2.24, 2.45) is 13.0 Å². The standard InChI is InChI=1S/C21H32N6O2S/c1-16-14-19(21-22-8-13-25(21)2)24-20(23-16)15-17-4-9-26(10-5-17)18-6-11-27(12-7-18)30(3,28)29/h8,13-14,17-18H,4-7,9-12,15H2,1-3H3. The van der Waals surface area contributed by atoms with E-state index in [1.54, 1.807) is 10.5 Å². The summed E-state index contributed by atoms with van der Waals surface area (Å²) in [6, 6.07) is 2.51. The van der Waals surface area contributed by atoms with Crippen molar-refractivity contribution < 1.29 is 8.42 Å². The average Bonchev–Trinajstić information content (AvgIpc) is 3.14. The smallest absolute Gasteiger partial charge is 0.211 e. The molecule has 2 aromatic rings. The zero-order valence-corrected chi connectivity index (χ0v) is 19.0. The van der Waals surface area contributed by atoms with Crippen LogP contribution in [-0.2, 0) is 23.5 Å². The van der Waals surface area contributed by atoms with Crippen LogP contribution in [0, 0.1) is 12.8 Å². The molecule has 2 aliphatic rings. The molecule has 4 rings (SSSR count). The van der Waals surface area contributed by atoms with E-state index in [0.717, 1.165) is 68.2 Å². The minimum absolute atomic E-state index is 0.509. The van der Waals surface area contributed by atoms with E-state index >= 15 is 0 Å². The third kappa shape index (κ3) is 4.90. The number of likely N-dealkylation sites (tertiary alicyclic amines) is 1. The van der Waals surface area contributed by atoms with E-state index in [2.05, 4.69) is 14.9 Å². The summed E-state index contributed by atoms with van der Waals surface area (Å²) in [5.41, 5.74) is 1.87. The number of imidazole rings is 1. The van der Waals surface area contributed by atoms with Gasteiger partial charge in [-0.15, -0.1) is 0 Å². The lowest BCUT2D eigenvalue weighted by Crippen LogP contribution is -2.48. The summed E-state index contributed by atoms with van der Waals surface area (Å²) < 4.78 is 27.0. The minimum Gasteiger partial charge on any atom is -0.333 e. The predicted molar refractivity (Wildman–Crippen MR) is 116 cm³/mol. The highest BCUT2D eigenvalue weighted by molar-refractivity contribution is 7.88. The zero-order valence-electron chi connectivity index (χ0n) is 18.2. The molecule has 9 heteroatoms. The molecule has 0 saturated carbocycles. The van der Waals surface area contributed by atoms with Crippen LogP contribution < -0.4 is 0 Å². The molecular weight excluding hydrogens is 400 g/mol. The highest BCUT2D eigenvalue weighted by Crippen LogP contribution is 2.26. The maximum atomic E-state index is 11.7. The van der Waals surface area contributed by atoms with E-state index in [1.807, 2.05) is 30.8 Å². The summed E-state index contributed by atoms with van der Waals surface area (Å²) in [5.74, 6) is 2.37. The van der Waals surface area contributed by atoms with E-state index in [9.17, 15) is 8.42 Å². The zero-order chi connectivity index (χ0) is 21.3. The molecule has 0 aliphatic carbocycles. The van der Waals surface area contributed by atoms with Gasteiger partial charge in [0.1, 0.15) is 11.5 Å². The first-order valence-corrected chi connectivity index (χ1v) is 12.7. The van der Waals surface area contributed by atoms with Gasteiger partial charge in [-0.25, -0.2) is 27.7 Å². The van der Waals surface area contributed by atoms with Gasteiger partial charge in [0.25, 0.3) is 0 Å². The van der Waals surface area contributed by atoms with Gasteiger partial charge < -0.3 is 9.47 Å². The van der Waals surface area contributed by atoms with Crippen LogP contribution in [0.15, 0.2) is 18.5 Å². The number of nitrogens with zero attached hydrogens (tertiary/aromatic N) is 6. The predicted octanol–water partition coefficient (Wildman–Crippen LogP) is 1.86. The van der Waals surface area contributed by atoms with Gasteiger partial charge in [-0.1, -0.05) is 0 Å². The molecule has 0 unspecified atom stereocenters. The van der Waals surface area contributed by atoms with Gasteiger partial charge in [-0.3, -0.25) is 0 Å². The Labute approximate surface area is 179 Å². The third-order valence-corrected chi connectivity index (χ3v) is 7.78. The fourth-order valence-corrected chi connectivity index (χ4v) is 5.64. The first-order chi connectivity index (χ1) is 14.3. The van der Waals surface area contributed by atoms with Gasteiger partial charge in [0, 0.05) is 50.7 Å². The van der Waals surface area contributed by atoms with Crippen molar-refractivity contribution in [1.82, 2.24) is 28.7 Å². The van der Waals surface area contributed by atoms with E-state index in [0.29, 0.717) is 25.0 Å². The lowest BCUT2D eigenvalue weighted by molar-refractivity contribution is 0.0967. The number of hydrogen-bond acceptors (Lipinski definition) is 6. The number of piperidine rings is 2. The molecule has 0 N–H and O–H groups in total. The van der Waals surface area contributed by atoms with Crippen molar-refractivity contribution in [3.8, 4) is 11.5 Å². The summed E-state index contributed by atoms with van der Waals surface area (Å²) in [5, 5.41) is 0. The molecule has 0 aromatic carbocycles. The molecule has 2 fully saturated rings. The van der Waals surface area contributed by atoms with Crippen LogP contribution in [0.5, 0.6) is 0 Å². The normalized spacial score (nSPS) is 20.6. The molecule has 0 bridgehead atoms. The monoisotopic (exact) mass is 432 g/mol. The van der Waals surface area contributed by atoms with Crippen LogP contribution in [0.4, 0.5) is 0 Å². The molecule has 4 heterocycles. The Morgan fingerprint density at radius 2 is 1.77 bits per heavy atom. The Hall–Kier alpha value is -1.84. The molecule has 30 heavy (non-hydrogen) atoms. The highest BCUT2D eigenvalue weighted by atomic mass is 32.2.